The molecule has 22 heavy (non-hydrogen) atoms. The number of nitrogens with zero attached hydrogens (tertiary/aromatic N) is 1. The number of carbonyl (C=O) groups excluding carboxylic acids is 2. The van der Waals surface area contributed by atoms with E-state index >= 15 is 0 Å². The van der Waals surface area contributed by atoms with Crippen molar-refractivity contribution in [1.29, 1.82) is 0 Å². The smallest absolute Gasteiger partial charge is 0.254 e. The lowest BCUT2D eigenvalue weighted by Crippen LogP contribution is -2.43. The van der Waals surface area contributed by atoms with Crippen molar-refractivity contribution < 1.29 is 9.59 Å². The molecule has 0 bridgehead atoms. The summed E-state index contributed by atoms with van der Waals surface area (Å²) in [6, 6.07) is 7.46. The highest BCUT2D eigenvalue weighted by Crippen LogP contribution is 2.22. The molecule has 1 heterocycles. The molecule has 4 nitrogen and oxygen atoms in total. The van der Waals surface area contributed by atoms with Crippen molar-refractivity contribution in [2.45, 2.75) is 26.7 Å². The maximum Gasteiger partial charge on any atom is 0.254 e. The summed E-state index contributed by atoms with van der Waals surface area (Å²) >= 11 is 3.42. The van der Waals surface area contributed by atoms with Gasteiger partial charge in [0.25, 0.3) is 5.91 Å². The Balaban J connectivity index is 1.88. The minimum Gasteiger partial charge on any atom is -0.356 e. The van der Waals surface area contributed by atoms with Crippen molar-refractivity contribution in [3.8, 4) is 0 Å². The average Bonchev–Trinajstić information content (AvgIpc) is 2.52. The molecular weight excluding hydrogens is 344 g/mol. The van der Waals surface area contributed by atoms with Crippen molar-refractivity contribution in [3.63, 3.8) is 0 Å². The molecule has 0 radical (unpaired) electrons. The number of carbonyl (C=O) groups is 2. The van der Waals surface area contributed by atoms with Gasteiger partial charge in [-0.1, -0.05) is 26.0 Å². The Kier molecular flexibility index (Phi) is 6.00. The summed E-state index contributed by atoms with van der Waals surface area (Å²) in [7, 11) is 0. The van der Waals surface area contributed by atoms with Gasteiger partial charge in [0.05, 0.1) is 5.56 Å². The molecule has 2 amide bonds. The maximum absolute atomic E-state index is 12.5. The van der Waals surface area contributed by atoms with Crippen LogP contribution >= 0.6 is 15.9 Å². The SMILES string of the molecule is CC(C)CNC(=O)C1CCN(C(=O)c2ccccc2Br)CC1. The number of amides is 2. The Hall–Kier alpha value is -1.36. The topological polar surface area (TPSA) is 49.4 Å². The van der Waals surface area contributed by atoms with Gasteiger partial charge in [-0.05, 0) is 46.8 Å². The van der Waals surface area contributed by atoms with E-state index in [1.54, 1.807) is 0 Å². The quantitative estimate of drug-likeness (QED) is 0.889. The van der Waals surface area contributed by atoms with Crippen molar-refractivity contribution in [1.82, 2.24) is 10.2 Å². The zero-order valence-electron chi connectivity index (χ0n) is 13.1. The van der Waals surface area contributed by atoms with E-state index in [1.165, 1.54) is 0 Å². The van der Waals surface area contributed by atoms with Gasteiger partial charge in [-0.2, -0.15) is 0 Å². The largest absolute Gasteiger partial charge is 0.356 e. The Morgan fingerprint density at radius 2 is 1.91 bits per heavy atom. The van der Waals surface area contributed by atoms with Crippen LogP contribution in [0, 0.1) is 11.8 Å². The third kappa shape index (κ3) is 4.32. The van der Waals surface area contributed by atoms with Crippen LogP contribution in [0.2, 0.25) is 0 Å². The summed E-state index contributed by atoms with van der Waals surface area (Å²) in [6.07, 6.45) is 1.47. The molecule has 0 aromatic heterocycles. The van der Waals surface area contributed by atoms with E-state index in [4.69, 9.17) is 0 Å². The predicted molar refractivity (Wildman–Crippen MR) is 90.6 cm³/mol. The standard InChI is InChI=1S/C17H23BrN2O2/c1-12(2)11-19-16(21)13-7-9-20(10-8-13)17(22)14-5-3-4-6-15(14)18/h3-6,12-13H,7-11H2,1-2H3,(H,19,21). The lowest BCUT2D eigenvalue weighted by atomic mass is 9.95. The monoisotopic (exact) mass is 366 g/mol. The molecule has 1 N–H and O–H groups in total. The van der Waals surface area contributed by atoms with Crippen LogP contribution in [-0.4, -0.2) is 36.3 Å². The number of hydrogen-bond acceptors (Lipinski definition) is 2. The van der Waals surface area contributed by atoms with E-state index in [9.17, 15) is 9.59 Å². The predicted octanol–water partition coefficient (Wildman–Crippen LogP) is 3.07. The number of benzene rings is 1. The molecule has 120 valence electrons. The minimum absolute atomic E-state index is 0.0296. The fourth-order valence-corrected chi connectivity index (χ4v) is 3.05. The Bertz CT molecular complexity index is 537. The lowest BCUT2D eigenvalue weighted by molar-refractivity contribution is -0.126. The van der Waals surface area contributed by atoms with E-state index in [-0.39, 0.29) is 17.7 Å². The van der Waals surface area contributed by atoms with Gasteiger partial charge in [0, 0.05) is 30.0 Å². The van der Waals surface area contributed by atoms with E-state index in [2.05, 4.69) is 35.1 Å². The van der Waals surface area contributed by atoms with Crippen molar-refractivity contribution in [2.24, 2.45) is 11.8 Å². The molecule has 1 aromatic rings. The summed E-state index contributed by atoms with van der Waals surface area (Å²) in [5.74, 6) is 0.651. The van der Waals surface area contributed by atoms with Crippen LogP contribution in [0.5, 0.6) is 0 Å². The van der Waals surface area contributed by atoms with E-state index in [1.807, 2.05) is 29.2 Å². The molecule has 2 rings (SSSR count). The molecule has 1 aliphatic heterocycles. The second kappa shape index (κ2) is 7.77. The number of halogens is 1. The van der Waals surface area contributed by atoms with Crippen molar-refractivity contribution in [2.75, 3.05) is 19.6 Å². The maximum atomic E-state index is 12.5. The van der Waals surface area contributed by atoms with E-state index < -0.39 is 0 Å². The third-order valence-electron chi connectivity index (χ3n) is 3.94. The van der Waals surface area contributed by atoms with Crippen LogP contribution in [0.3, 0.4) is 0 Å². The van der Waals surface area contributed by atoms with Gasteiger partial charge < -0.3 is 10.2 Å². The van der Waals surface area contributed by atoms with Crippen molar-refractivity contribution in [3.05, 3.63) is 34.3 Å². The first kappa shape index (κ1) is 17.0. The molecule has 0 saturated carbocycles. The molecule has 1 aliphatic rings. The van der Waals surface area contributed by atoms with Gasteiger partial charge in [-0.3, -0.25) is 9.59 Å². The van der Waals surface area contributed by atoms with Gasteiger partial charge in [-0.15, -0.1) is 0 Å². The van der Waals surface area contributed by atoms with Gasteiger partial charge in [0.15, 0.2) is 0 Å². The van der Waals surface area contributed by atoms with Crippen LogP contribution in [0.25, 0.3) is 0 Å². The van der Waals surface area contributed by atoms with Crippen LogP contribution in [-0.2, 0) is 4.79 Å². The summed E-state index contributed by atoms with van der Waals surface area (Å²) < 4.78 is 0.816. The summed E-state index contributed by atoms with van der Waals surface area (Å²) in [6.45, 7) is 6.16. The Morgan fingerprint density at radius 1 is 1.27 bits per heavy atom. The molecule has 0 aliphatic carbocycles. The van der Waals surface area contributed by atoms with Crippen molar-refractivity contribution >= 4 is 27.7 Å². The highest BCUT2D eigenvalue weighted by Gasteiger charge is 2.28. The third-order valence-corrected chi connectivity index (χ3v) is 4.63. The number of piperidine rings is 1. The normalized spacial score (nSPS) is 15.9. The molecule has 0 spiro atoms. The molecule has 0 atom stereocenters. The summed E-state index contributed by atoms with van der Waals surface area (Å²) in [5, 5.41) is 2.99. The molecule has 1 aromatic carbocycles. The highest BCUT2D eigenvalue weighted by atomic mass is 79.9. The fourth-order valence-electron chi connectivity index (χ4n) is 2.60. The fraction of sp³-hybridized carbons (Fsp3) is 0.529. The van der Waals surface area contributed by atoms with E-state index in [0.29, 0.717) is 24.6 Å². The number of hydrogen-bond donors (Lipinski definition) is 1. The van der Waals surface area contributed by atoms with Gasteiger partial charge in [-0.25, -0.2) is 0 Å². The summed E-state index contributed by atoms with van der Waals surface area (Å²) in [4.78, 5) is 26.4. The van der Waals surface area contributed by atoms with Crippen LogP contribution in [0.1, 0.15) is 37.0 Å². The van der Waals surface area contributed by atoms with Crippen LogP contribution in [0.15, 0.2) is 28.7 Å². The van der Waals surface area contributed by atoms with Gasteiger partial charge in [0.2, 0.25) is 5.91 Å². The molecule has 1 fully saturated rings. The molecule has 5 heteroatoms. The first-order valence-electron chi connectivity index (χ1n) is 7.80. The number of likely N-dealkylation sites (tertiary alicyclic amines) is 1. The number of nitrogens with one attached hydrogen (secondary N) is 1. The molecule has 0 unspecified atom stereocenters. The minimum atomic E-state index is 0.0296. The lowest BCUT2D eigenvalue weighted by Gasteiger charge is -2.31. The second-order valence-corrected chi connectivity index (χ2v) is 7.04. The summed E-state index contributed by atoms with van der Waals surface area (Å²) in [5.41, 5.74) is 0.685. The van der Waals surface area contributed by atoms with Crippen LogP contribution in [0.4, 0.5) is 0 Å². The van der Waals surface area contributed by atoms with E-state index in [0.717, 1.165) is 23.9 Å². The Labute approximate surface area is 140 Å². The first-order valence-corrected chi connectivity index (χ1v) is 8.60. The zero-order valence-corrected chi connectivity index (χ0v) is 14.7. The average molecular weight is 367 g/mol. The Morgan fingerprint density at radius 3 is 2.50 bits per heavy atom. The first-order chi connectivity index (χ1) is 10.5. The molecular formula is C17H23BrN2O2. The second-order valence-electron chi connectivity index (χ2n) is 6.19. The van der Waals surface area contributed by atoms with Gasteiger partial charge in [0.1, 0.15) is 0 Å². The van der Waals surface area contributed by atoms with Gasteiger partial charge >= 0.3 is 0 Å². The zero-order chi connectivity index (χ0) is 16.1. The highest BCUT2D eigenvalue weighted by molar-refractivity contribution is 9.10. The number of rotatable bonds is 4. The van der Waals surface area contributed by atoms with Crippen LogP contribution < -0.4 is 5.32 Å². The molecule has 1 saturated heterocycles.